The smallest absolute Gasteiger partial charge is 0.119 e. The quantitative estimate of drug-likeness (QED) is 0.499. The number of aromatic amines is 1. The number of aromatic nitrogens is 1. The fraction of sp³-hybridized carbons (Fsp3) is 0.308. The highest BCUT2D eigenvalue weighted by Crippen LogP contribution is 2.24. The normalized spacial score (nSPS) is 10.2. The van der Waals surface area contributed by atoms with Crippen molar-refractivity contribution in [1.82, 2.24) is 4.98 Å². The number of thiocarbonyl (C=S) groups is 1. The van der Waals surface area contributed by atoms with Crippen LogP contribution < -0.4 is 4.74 Å². The predicted octanol–water partition coefficient (Wildman–Crippen LogP) is 3.21. The Labute approximate surface area is 106 Å². The molecule has 1 heterocycles. The van der Waals surface area contributed by atoms with Gasteiger partial charge in [0, 0.05) is 23.6 Å². The van der Waals surface area contributed by atoms with Gasteiger partial charge in [-0.25, -0.2) is 4.99 Å². The van der Waals surface area contributed by atoms with Gasteiger partial charge in [0.25, 0.3) is 0 Å². The Hall–Kier alpha value is -1.64. The second-order valence-corrected chi connectivity index (χ2v) is 3.98. The standard InChI is InChI=1S/C13H14N2OS/c1-16-11-4-5-13-12(7-11)10(8-15-13)3-2-6-14-9-17/h4-5,7-8,15H,2-3,6H2,1H3. The van der Waals surface area contributed by atoms with Crippen LogP contribution in [0.25, 0.3) is 10.9 Å². The second-order valence-electron chi connectivity index (χ2n) is 3.80. The summed E-state index contributed by atoms with van der Waals surface area (Å²) in [5, 5.41) is 3.60. The molecule has 0 radical (unpaired) electrons. The molecule has 0 aliphatic rings. The molecule has 1 aromatic carbocycles. The van der Waals surface area contributed by atoms with Gasteiger partial charge < -0.3 is 9.72 Å². The van der Waals surface area contributed by atoms with E-state index in [1.54, 1.807) is 7.11 Å². The Bertz CT molecular complexity index is 556. The van der Waals surface area contributed by atoms with E-state index in [0.29, 0.717) is 0 Å². The van der Waals surface area contributed by atoms with Gasteiger partial charge in [-0.3, -0.25) is 0 Å². The van der Waals surface area contributed by atoms with Gasteiger partial charge in [0.2, 0.25) is 0 Å². The highest BCUT2D eigenvalue weighted by Gasteiger charge is 2.04. The molecule has 2 rings (SSSR count). The number of methoxy groups -OCH3 is 1. The van der Waals surface area contributed by atoms with Crippen molar-refractivity contribution >= 4 is 28.3 Å². The van der Waals surface area contributed by atoms with Crippen LogP contribution in [0, 0.1) is 0 Å². The van der Waals surface area contributed by atoms with Crippen molar-refractivity contribution in [3.05, 3.63) is 30.0 Å². The third-order valence-electron chi connectivity index (χ3n) is 2.76. The van der Waals surface area contributed by atoms with Gasteiger partial charge in [0.1, 0.15) is 5.75 Å². The predicted molar refractivity (Wildman–Crippen MR) is 73.1 cm³/mol. The molecule has 0 spiro atoms. The Morgan fingerprint density at radius 2 is 2.35 bits per heavy atom. The van der Waals surface area contributed by atoms with E-state index in [1.165, 1.54) is 10.9 Å². The number of benzene rings is 1. The molecule has 2 aromatic rings. The number of rotatable bonds is 5. The number of hydrogen-bond acceptors (Lipinski definition) is 3. The van der Waals surface area contributed by atoms with Gasteiger partial charge >= 0.3 is 0 Å². The van der Waals surface area contributed by atoms with Crippen LogP contribution in [0.4, 0.5) is 0 Å². The summed E-state index contributed by atoms with van der Waals surface area (Å²) in [5.41, 5.74) is 2.43. The van der Waals surface area contributed by atoms with Gasteiger partial charge in [-0.05, 0) is 48.8 Å². The molecule has 0 fully saturated rings. The minimum Gasteiger partial charge on any atom is -0.497 e. The minimum atomic E-state index is 0.736. The minimum absolute atomic E-state index is 0.736. The van der Waals surface area contributed by atoms with E-state index in [1.807, 2.05) is 18.3 Å². The number of H-pyrrole nitrogens is 1. The van der Waals surface area contributed by atoms with Crippen LogP contribution >= 0.6 is 12.2 Å². The second kappa shape index (κ2) is 5.62. The van der Waals surface area contributed by atoms with E-state index in [2.05, 4.69) is 33.4 Å². The fourth-order valence-corrected chi connectivity index (χ4v) is 1.98. The number of ether oxygens (including phenoxy) is 1. The van der Waals surface area contributed by atoms with E-state index in [0.717, 1.165) is 30.7 Å². The lowest BCUT2D eigenvalue weighted by Gasteiger charge is -2.01. The van der Waals surface area contributed by atoms with Crippen molar-refractivity contribution in [3.63, 3.8) is 0 Å². The molecule has 0 saturated heterocycles. The number of hydrogen-bond donors (Lipinski definition) is 1. The number of fused-ring (bicyclic) bond motifs is 1. The van der Waals surface area contributed by atoms with Gasteiger partial charge in [0.05, 0.1) is 12.3 Å². The zero-order chi connectivity index (χ0) is 12.1. The van der Waals surface area contributed by atoms with Crippen molar-refractivity contribution in [1.29, 1.82) is 0 Å². The molecule has 3 nitrogen and oxygen atoms in total. The molecule has 88 valence electrons. The van der Waals surface area contributed by atoms with E-state index in [9.17, 15) is 0 Å². The van der Waals surface area contributed by atoms with E-state index < -0.39 is 0 Å². The van der Waals surface area contributed by atoms with Gasteiger partial charge in [-0.2, -0.15) is 0 Å². The summed E-state index contributed by atoms with van der Waals surface area (Å²) < 4.78 is 5.23. The SMILES string of the molecule is COc1ccc2[nH]cc(CCCN=C=S)c2c1. The first-order valence-electron chi connectivity index (χ1n) is 5.53. The molecule has 0 amide bonds. The maximum atomic E-state index is 5.23. The number of aliphatic imine (C=N–C) groups is 1. The summed E-state index contributed by atoms with van der Waals surface area (Å²) in [4.78, 5) is 7.17. The Morgan fingerprint density at radius 3 is 3.12 bits per heavy atom. The van der Waals surface area contributed by atoms with Crippen LogP contribution in [0.3, 0.4) is 0 Å². The van der Waals surface area contributed by atoms with Gasteiger partial charge in [-0.15, -0.1) is 0 Å². The highest BCUT2D eigenvalue weighted by molar-refractivity contribution is 7.78. The highest BCUT2D eigenvalue weighted by atomic mass is 32.1. The van der Waals surface area contributed by atoms with Crippen molar-refractivity contribution in [2.45, 2.75) is 12.8 Å². The van der Waals surface area contributed by atoms with Crippen molar-refractivity contribution in [2.75, 3.05) is 13.7 Å². The number of isothiocyanates is 1. The molecule has 1 aromatic heterocycles. The Morgan fingerprint density at radius 1 is 1.47 bits per heavy atom. The molecule has 0 aliphatic heterocycles. The summed E-state index contributed by atoms with van der Waals surface area (Å²) in [6.07, 6.45) is 4.01. The Balaban J connectivity index is 2.18. The largest absolute Gasteiger partial charge is 0.497 e. The monoisotopic (exact) mass is 246 g/mol. The summed E-state index contributed by atoms with van der Waals surface area (Å²) in [7, 11) is 1.68. The van der Waals surface area contributed by atoms with Crippen LogP contribution in [0.2, 0.25) is 0 Å². The van der Waals surface area contributed by atoms with Crippen LogP contribution in [0.15, 0.2) is 29.4 Å². The third kappa shape index (κ3) is 2.73. The summed E-state index contributed by atoms with van der Waals surface area (Å²) >= 11 is 4.54. The zero-order valence-electron chi connectivity index (χ0n) is 9.69. The van der Waals surface area contributed by atoms with E-state index >= 15 is 0 Å². The molecule has 17 heavy (non-hydrogen) atoms. The van der Waals surface area contributed by atoms with Gasteiger partial charge in [0.15, 0.2) is 0 Å². The third-order valence-corrected chi connectivity index (χ3v) is 2.88. The Kier molecular flexibility index (Phi) is 3.91. The first-order chi connectivity index (χ1) is 8.35. The molecule has 0 bridgehead atoms. The van der Waals surface area contributed by atoms with Crippen LogP contribution in [-0.2, 0) is 6.42 Å². The molecular weight excluding hydrogens is 232 g/mol. The average Bonchev–Trinajstić information content (AvgIpc) is 2.77. The molecule has 1 N–H and O–H groups in total. The van der Waals surface area contributed by atoms with Crippen LogP contribution in [0.1, 0.15) is 12.0 Å². The maximum Gasteiger partial charge on any atom is 0.119 e. The van der Waals surface area contributed by atoms with Crippen LogP contribution in [-0.4, -0.2) is 23.8 Å². The summed E-state index contributed by atoms with van der Waals surface area (Å²) in [6, 6.07) is 6.05. The topological polar surface area (TPSA) is 37.4 Å². The molecule has 0 unspecified atom stereocenters. The lowest BCUT2D eigenvalue weighted by Crippen LogP contribution is -1.87. The zero-order valence-corrected chi connectivity index (χ0v) is 10.5. The van der Waals surface area contributed by atoms with Crippen molar-refractivity contribution < 1.29 is 4.74 Å². The summed E-state index contributed by atoms with van der Waals surface area (Å²) in [5.74, 6) is 0.885. The molecule has 0 saturated carbocycles. The lowest BCUT2D eigenvalue weighted by atomic mass is 10.1. The molecule has 4 heteroatoms. The molecular formula is C13H14N2OS. The summed E-state index contributed by atoms with van der Waals surface area (Å²) in [6.45, 7) is 0.736. The fourth-order valence-electron chi connectivity index (χ4n) is 1.89. The van der Waals surface area contributed by atoms with Crippen molar-refractivity contribution in [2.24, 2.45) is 4.99 Å². The number of nitrogens with one attached hydrogen (secondary N) is 1. The van der Waals surface area contributed by atoms with E-state index in [-0.39, 0.29) is 0 Å². The van der Waals surface area contributed by atoms with Crippen LogP contribution in [0.5, 0.6) is 5.75 Å². The maximum absolute atomic E-state index is 5.23. The van der Waals surface area contributed by atoms with Crippen molar-refractivity contribution in [3.8, 4) is 5.75 Å². The average molecular weight is 246 g/mol. The first-order valence-corrected chi connectivity index (χ1v) is 5.93. The molecule has 0 aliphatic carbocycles. The first kappa shape index (κ1) is 11.8. The van der Waals surface area contributed by atoms with E-state index in [4.69, 9.17) is 4.74 Å². The van der Waals surface area contributed by atoms with Gasteiger partial charge in [-0.1, -0.05) is 0 Å². The number of aryl methyl sites for hydroxylation is 1. The lowest BCUT2D eigenvalue weighted by molar-refractivity contribution is 0.415. The number of nitrogens with zero attached hydrogens (tertiary/aromatic N) is 1. The molecule has 0 atom stereocenters.